The SMILES string of the molecule is COC(=O)C1=C(CN2CCN(c3ccc(C)cc3)CC2)NC(=O)N[C@@H]1c1cccs1. The lowest BCUT2D eigenvalue weighted by atomic mass is 10.0. The van der Waals surface area contributed by atoms with Crippen molar-refractivity contribution in [1.29, 1.82) is 0 Å². The summed E-state index contributed by atoms with van der Waals surface area (Å²) in [5.41, 5.74) is 3.57. The molecule has 1 fully saturated rings. The molecule has 2 aliphatic rings. The molecule has 2 amide bonds. The summed E-state index contributed by atoms with van der Waals surface area (Å²) in [6, 6.07) is 11.6. The summed E-state index contributed by atoms with van der Waals surface area (Å²) in [5.74, 6) is -0.422. The minimum absolute atomic E-state index is 0.297. The number of carbonyl (C=O) groups is 2. The van der Waals surface area contributed by atoms with Gasteiger partial charge in [-0.1, -0.05) is 23.8 Å². The molecule has 8 heteroatoms. The number of urea groups is 1. The van der Waals surface area contributed by atoms with Gasteiger partial charge in [0.15, 0.2) is 0 Å². The highest BCUT2D eigenvalue weighted by Crippen LogP contribution is 2.31. The van der Waals surface area contributed by atoms with Crippen molar-refractivity contribution in [2.75, 3.05) is 44.7 Å². The lowest BCUT2D eigenvalue weighted by Gasteiger charge is -2.37. The zero-order valence-corrected chi connectivity index (χ0v) is 18.0. The second kappa shape index (κ2) is 8.89. The van der Waals surface area contributed by atoms with E-state index in [1.165, 1.54) is 29.7 Å². The molecule has 4 rings (SSSR count). The third-order valence-corrected chi connectivity index (χ3v) is 6.48. The maximum Gasteiger partial charge on any atom is 0.338 e. The molecule has 2 aliphatic heterocycles. The monoisotopic (exact) mass is 426 g/mol. The summed E-state index contributed by atoms with van der Waals surface area (Å²) < 4.78 is 5.05. The van der Waals surface area contributed by atoms with Gasteiger partial charge in [0.1, 0.15) is 0 Å². The Hall–Kier alpha value is -2.84. The molecule has 0 bridgehead atoms. The normalized spacial score (nSPS) is 20.0. The largest absolute Gasteiger partial charge is 0.466 e. The van der Waals surface area contributed by atoms with Gasteiger partial charge < -0.3 is 20.3 Å². The molecular formula is C22H26N4O3S. The topological polar surface area (TPSA) is 73.9 Å². The van der Waals surface area contributed by atoms with Gasteiger partial charge in [-0.3, -0.25) is 4.90 Å². The van der Waals surface area contributed by atoms with Gasteiger partial charge in [0, 0.05) is 49.0 Å². The number of amides is 2. The number of carbonyl (C=O) groups excluding carboxylic acids is 2. The molecular weight excluding hydrogens is 400 g/mol. The van der Waals surface area contributed by atoms with Gasteiger partial charge in [-0.15, -0.1) is 11.3 Å². The minimum Gasteiger partial charge on any atom is -0.466 e. The Kier molecular flexibility index (Phi) is 6.06. The van der Waals surface area contributed by atoms with Gasteiger partial charge in [-0.25, -0.2) is 9.59 Å². The molecule has 2 N–H and O–H groups in total. The fourth-order valence-electron chi connectivity index (χ4n) is 3.91. The van der Waals surface area contributed by atoms with Crippen molar-refractivity contribution >= 4 is 29.0 Å². The third-order valence-electron chi connectivity index (χ3n) is 5.54. The predicted molar refractivity (Wildman–Crippen MR) is 118 cm³/mol. The average molecular weight is 427 g/mol. The lowest BCUT2D eigenvalue weighted by molar-refractivity contribution is -0.136. The number of esters is 1. The van der Waals surface area contributed by atoms with Crippen LogP contribution in [0, 0.1) is 6.92 Å². The summed E-state index contributed by atoms with van der Waals surface area (Å²) in [7, 11) is 1.37. The molecule has 1 atom stereocenters. The van der Waals surface area contributed by atoms with Crippen molar-refractivity contribution in [3.63, 3.8) is 0 Å². The quantitative estimate of drug-likeness (QED) is 0.719. The standard InChI is InChI=1S/C22H26N4O3S/c1-15-5-7-16(8-6-15)26-11-9-25(10-12-26)14-17-19(21(27)29-2)20(24-22(28)23-17)18-4-3-13-30-18/h3-8,13,20H,9-12,14H2,1-2H3,(H2,23,24,28)/t20-/m1/s1. The molecule has 0 saturated carbocycles. The van der Waals surface area contributed by atoms with E-state index >= 15 is 0 Å². The molecule has 1 aromatic carbocycles. The Morgan fingerprint density at radius 1 is 1.17 bits per heavy atom. The van der Waals surface area contributed by atoms with E-state index in [9.17, 15) is 9.59 Å². The fourth-order valence-corrected chi connectivity index (χ4v) is 4.69. The Balaban J connectivity index is 1.50. The Bertz CT molecular complexity index is 932. The highest BCUT2D eigenvalue weighted by atomic mass is 32.1. The van der Waals surface area contributed by atoms with Gasteiger partial charge in [-0.05, 0) is 30.5 Å². The lowest BCUT2D eigenvalue weighted by Crippen LogP contribution is -2.51. The van der Waals surface area contributed by atoms with E-state index in [2.05, 4.69) is 51.6 Å². The van der Waals surface area contributed by atoms with Gasteiger partial charge in [-0.2, -0.15) is 0 Å². The first-order valence-electron chi connectivity index (χ1n) is 10.0. The second-order valence-corrected chi connectivity index (χ2v) is 8.51. The molecule has 1 saturated heterocycles. The third kappa shape index (κ3) is 4.34. The number of ether oxygens (including phenoxy) is 1. The number of anilines is 1. The predicted octanol–water partition coefficient (Wildman–Crippen LogP) is 2.66. The molecule has 7 nitrogen and oxygen atoms in total. The maximum atomic E-state index is 12.6. The van der Waals surface area contributed by atoms with Crippen LogP contribution in [0.4, 0.5) is 10.5 Å². The molecule has 0 aliphatic carbocycles. The first-order chi connectivity index (χ1) is 14.5. The van der Waals surface area contributed by atoms with Crippen LogP contribution in [0.15, 0.2) is 53.0 Å². The number of rotatable bonds is 5. The van der Waals surface area contributed by atoms with Crippen molar-refractivity contribution in [3.05, 3.63) is 63.5 Å². The zero-order chi connectivity index (χ0) is 21.1. The van der Waals surface area contributed by atoms with E-state index in [1.54, 1.807) is 0 Å². The van der Waals surface area contributed by atoms with Gasteiger partial charge in [0.2, 0.25) is 0 Å². The van der Waals surface area contributed by atoms with Crippen LogP contribution in [0.25, 0.3) is 0 Å². The molecule has 0 spiro atoms. The van der Waals surface area contributed by atoms with Crippen molar-refractivity contribution < 1.29 is 14.3 Å². The Labute approximate surface area is 180 Å². The van der Waals surface area contributed by atoms with Crippen molar-refractivity contribution in [3.8, 4) is 0 Å². The van der Waals surface area contributed by atoms with Crippen LogP contribution in [-0.4, -0.2) is 56.7 Å². The van der Waals surface area contributed by atoms with Gasteiger partial charge in [0.05, 0.1) is 18.7 Å². The first kappa shape index (κ1) is 20.4. The molecule has 0 radical (unpaired) electrons. The number of methoxy groups -OCH3 is 1. The maximum absolute atomic E-state index is 12.6. The summed E-state index contributed by atoms with van der Waals surface area (Å²) in [6.07, 6.45) is 0. The van der Waals surface area contributed by atoms with E-state index in [0.29, 0.717) is 17.8 Å². The number of hydrogen-bond acceptors (Lipinski definition) is 6. The van der Waals surface area contributed by atoms with E-state index in [0.717, 1.165) is 31.1 Å². The second-order valence-electron chi connectivity index (χ2n) is 7.53. The summed E-state index contributed by atoms with van der Waals surface area (Å²) >= 11 is 1.51. The molecule has 30 heavy (non-hydrogen) atoms. The van der Waals surface area contributed by atoms with E-state index in [-0.39, 0.29) is 6.03 Å². The summed E-state index contributed by atoms with van der Waals surface area (Å²) in [6.45, 7) is 6.07. The molecule has 0 unspecified atom stereocenters. The van der Waals surface area contributed by atoms with Crippen molar-refractivity contribution in [1.82, 2.24) is 15.5 Å². The highest BCUT2D eigenvalue weighted by molar-refractivity contribution is 7.10. The molecule has 158 valence electrons. The summed E-state index contributed by atoms with van der Waals surface area (Å²) in [5, 5.41) is 7.64. The van der Waals surface area contributed by atoms with E-state index in [1.807, 2.05) is 17.5 Å². The Morgan fingerprint density at radius 3 is 2.53 bits per heavy atom. The number of aryl methyl sites for hydroxylation is 1. The van der Waals surface area contributed by atoms with Crippen LogP contribution < -0.4 is 15.5 Å². The van der Waals surface area contributed by atoms with Crippen molar-refractivity contribution in [2.45, 2.75) is 13.0 Å². The number of nitrogens with one attached hydrogen (secondary N) is 2. The summed E-state index contributed by atoms with van der Waals surface area (Å²) in [4.78, 5) is 30.4. The van der Waals surface area contributed by atoms with Crippen molar-refractivity contribution in [2.24, 2.45) is 0 Å². The molecule has 1 aromatic heterocycles. The van der Waals surface area contributed by atoms with Crippen LogP contribution in [-0.2, 0) is 9.53 Å². The van der Waals surface area contributed by atoms with Gasteiger partial charge >= 0.3 is 12.0 Å². The van der Waals surface area contributed by atoms with E-state index < -0.39 is 12.0 Å². The fraction of sp³-hybridized carbons (Fsp3) is 0.364. The highest BCUT2D eigenvalue weighted by Gasteiger charge is 2.35. The van der Waals surface area contributed by atoms with E-state index in [4.69, 9.17) is 4.74 Å². The van der Waals surface area contributed by atoms with Crippen LogP contribution in [0.3, 0.4) is 0 Å². The number of thiophene rings is 1. The number of piperazine rings is 1. The minimum atomic E-state index is -0.491. The smallest absolute Gasteiger partial charge is 0.338 e. The first-order valence-corrected chi connectivity index (χ1v) is 10.9. The average Bonchev–Trinajstić information content (AvgIpc) is 3.29. The molecule has 2 aromatic rings. The molecule has 3 heterocycles. The number of hydrogen-bond donors (Lipinski definition) is 2. The number of benzene rings is 1. The zero-order valence-electron chi connectivity index (χ0n) is 17.2. The van der Waals surface area contributed by atoms with Crippen LogP contribution in [0.5, 0.6) is 0 Å². The van der Waals surface area contributed by atoms with Crippen LogP contribution >= 0.6 is 11.3 Å². The van der Waals surface area contributed by atoms with Crippen LogP contribution in [0.1, 0.15) is 16.5 Å². The van der Waals surface area contributed by atoms with Gasteiger partial charge in [0.25, 0.3) is 0 Å². The number of nitrogens with zero attached hydrogens (tertiary/aromatic N) is 2. The Morgan fingerprint density at radius 2 is 1.90 bits per heavy atom. The van der Waals surface area contributed by atoms with Crippen LogP contribution in [0.2, 0.25) is 0 Å².